The number of hydrogen-bond acceptors (Lipinski definition) is 8. The van der Waals surface area contributed by atoms with E-state index in [1.807, 2.05) is 35.0 Å². The summed E-state index contributed by atoms with van der Waals surface area (Å²) < 4.78 is 26.0. The van der Waals surface area contributed by atoms with E-state index in [0.717, 1.165) is 24.2 Å². The molecule has 0 bridgehead atoms. The van der Waals surface area contributed by atoms with Gasteiger partial charge in [-0.1, -0.05) is 18.2 Å². The Morgan fingerprint density at radius 3 is 2.36 bits per heavy atom. The fourth-order valence-corrected chi connectivity index (χ4v) is 5.25. The lowest BCUT2D eigenvalue weighted by atomic mass is 10.1. The van der Waals surface area contributed by atoms with E-state index >= 15 is 0 Å². The van der Waals surface area contributed by atoms with Gasteiger partial charge >= 0.3 is 0 Å². The maximum atomic E-state index is 13.6. The van der Waals surface area contributed by atoms with Crippen molar-refractivity contribution in [2.24, 2.45) is 0 Å². The second kappa shape index (κ2) is 11.3. The van der Waals surface area contributed by atoms with Crippen LogP contribution in [-0.2, 0) is 13.0 Å². The number of anilines is 1. The number of carbonyl (C=O) groups is 1. The first-order chi connectivity index (χ1) is 20.5. The predicted octanol–water partition coefficient (Wildman–Crippen LogP) is 4.99. The maximum absolute atomic E-state index is 13.6. The highest BCUT2D eigenvalue weighted by atomic mass is 16.5. The van der Waals surface area contributed by atoms with Gasteiger partial charge < -0.3 is 24.3 Å². The van der Waals surface area contributed by atoms with Crippen LogP contribution in [0.1, 0.15) is 28.9 Å². The number of hydrogen-bond donors (Lipinski definition) is 1. The predicted molar refractivity (Wildman–Crippen MR) is 157 cm³/mol. The second-order valence-electron chi connectivity index (χ2n) is 9.68. The Morgan fingerprint density at radius 1 is 0.857 bits per heavy atom. The molecule has 0 aliphatic carbocycles. The zero-order valence-corrected chi connectivity index (χ0v) is 23.4. The summed E-state index contributed by atoms with van der Waals surface area (Å²) in [5, 5.41) is 3.49. The Hall–Kier alpha value is -5.32. The van der Waals surface area contributed by atoms with E-state index in [1.54, 1.807) is 49.2 Å². The Balaban J connectivity index is 1.30. The number of fused-ring (bicyclic) bond motifs is 2. The van der Waals surface area contributed by atoms with E-state index in [1.165, 1.54) is 13.4 Å². The molecule has 0 spiro atoms. The minimum Gasteiger partial charge on any atom is -0.493 e. The lowest BCUT2D eigenvalue weighted by molar-refractivity contribution is 0.102. The van der Waals surface area contributed by atoms with Gasteiger partial charge in [-0.2, -0.15) is 0 Å². The minimum atomic E-state index is -0.473. The zero-order valence-electron chi connectivity index (χ0n) is 23.4. The molecule has 11 heteroatoms. The monoisotopic (exact) mass is 567 g/mol. The zero-order chi connectivity index (χ0) is 29.2. The van der Waals surface area contributed by atoms with Crippen molar-refractivity contribution in [1.29, 1.82) is 0 Å². The normalized spacial score (nSPS) is 12.5. The van der Waals surface area contributed by atoms with Crippen LogP contribution in [-0.4, -0.2) is 46.6 Å². The number of nitrogens with zero attached hydrogens (tertiary/aromatic N) is 4. The van der Waals surface area contributed by atoms with Crippen molar-refractivity contribution in [3.05, 3.63) is 88.6 Å². The van der Waals surface area contributed by atoms with Crippen LogP contribution in [0.5, 0.6) is 28.9 Å². The first-order valence-corrected chi connectivity index (χ1v) is 13.5. The molecule has 214 valence electrons. The molecule has 3 heterocycles. The van der Waals surface area contributed by atoms with Gasteiger partial charge in [-0.25, -0.2) is 14.6 Å². The summed E-state index contributed by atoms with van der Waals surface area (Å²) in [5.41, 5.74) is 2.32. The van der Waals surface area contributed by atoms with Crippen LogP contribution in [0.3, 0.4) is 0 Å². The summed E-state index contributed by atoms with van der Waals surface area (Å²) in [7, 11) is 4.60. The third kappa shape index (κ3) is 4.78. The van der Waals surface area contributed by atoms with Crippen molar-refractivity contribution in [1.82, 2.24) is 19.3 Å². The number of para-hydroxylation sites is 1. The number of nitrogens with one attached hydrogen (secondary N) is 1. The van der Waals surface area contributed by atoms with Crippen LogP contribution >= 0.6 is 0 Å². The number of methoxy groups -OCH3 is 3. The van der Waals surface area contributed by atoms with Gasteiger partial charge in [0.2, 0.25) is 5.88 Å². The lowest BCUT2D eigenvalue weighted by Crippen LogP contribution is -2.25. The molecule has 2 aromatic heterocycles. The van der Waals surface area contributed by atoms with Crippen molar-refractivity contribution < 1.29 is 23.7 Å². The standard InChI is InChI=1S/C31H29N5O6/c1-39-25-15-19(12-13-24(25)42-30-21-16-26(40-2)27(41-3)17-22(21)32-18-33-30)34-29(37)28-23-11-7-8-14-35(23)36(31(28)38)20-9-5-4-6-10-20/h4-6,9-10,12-13,15-18H,7-8,11,14H2,1-3H3,(H,34,37). The fraction of sp³-hybridized carbons (Fsp3) is 0.226. The molecule has 3 aromatic carbocycles. The molecule has 5 aromatic rings. The van der Waals surface area contributed by atoms with E-state index in [-0.39, 0.29) is 17.0 Å². The molecule has 11 nitrogen and oxygen atoms in total. The summed E-state index contributed by atoms with van der Waals surface area (Å²) in [6, 6.07) is 17.8. The van der Waals surface area contributed by atoms with E-state index < -0.39 is 5.91 Å². The van der Waals surface area contributed by atoms with E-state index in [0.29, 0.717) is 52.6 Å². The molecule has 1 aliphatic rings. The third-order valence-electron chi connectivity index (χ3n) is 7.24. The molecule has 42 heavy (non-hydrogen) atoms. The van der Waals surface area contributed by atoms with Crippen LogP contribution in [0.2, 0.25) is 0 Å². The molecule has 6 rings (SSSR count). The Kier molecular flexibility index (Phi) is 7.22. The van der Waals surface area contributed by atoms with Crippen molar-refractivity contribution >= 4 is 22.5 Å². The van der Waals surface area contributed by atoms with Gasteiger partial charge in [0, 0.05) is 24.4 Å². The second-order valence-corrected chi connectivity index (χ2v) is 9.68. The molecule has 0 saturated heterocycles. The van der Waals surface area contributed by atoms with Gasteiger partial charge in [-0.05, 0) is 49.6 Å². The Morgan fingerprint density at radius 2 is 1.60 bits per heavy atom. The van der Waals surface area contributed by atoms with Gasteiger partial charge in [-0.3, -0.25) is 14.3 Å². The third-order valence-corrected chi connectivity index (χ3v) is 7.24. The number of carbonyl (C=O) groups excluding carboxylic acids is 1. The summed E-state index contributed by atoms with van der Waals surface area (Å²) >= 11 is 0. The van der Waals surface area contributed by atoms with Crippen LogP contribution < -0.4 is 29.8 Å². The topological polar surface area (TPSA) is 119 Å². The van der Waals surface area contributed by atoms with Crippen LogP contribution in [0.4, 0.5) is 5.69 Å². The first kappa shape index (κ1) is 26.9. The summed E-state index contributed by atoms with van der Waals surface area (Å²) in [4.78, 5) is 35.7. The highest BCUT2D eigenvalue weighted by Gasteiger charge is 2.28. The van der Waals surface area contributed by atoms with E-state index in [4.69, 9.17) is 18.9 Å². The van der Waals surface area contributed by atoms with Crippen molar-refractivity contribution in [2.75, 3.05) is 26.6 Å². The highest BCUT2D eigenvalue weighted by Crippen LogP contribution is 2.38. The molecule has 1 N–H and O–H groups in total. The largest absolute Gasteiger partial charge is 0.493 e. The number of benzene rings is 3. The van der Waals surface area contributed by atoms with Gasteiger partial charge in [0.15, 0.2) is 23.0 Å². The number of aromatic nitrogens is 4. The average molecular weight is 568 g/mol. The number of rotatable bonds is 8. The summed E-state index contributed by atoms with van der Waals surface area (Å²) in [6.45, 7) is 0.670. The van der Waals surface area contributed by atoms with Gasteiger partial charge in [-0.15, -0.1) is 0 Å². The summed E-state index contributed by atoms with van der Waals surface area (Å²) in [5.74, 6) is 1.59. The van der Waals surface area contributed by atoms with Crippen molar-refractivity contribution in [2.45, 2.75) is 25.8 Å². The quantitative estimate of drug-likeness (QED) is 0.279. The lowest BCUT2D eigenvalue weighted by Gasteiger charge is -2.19. The number of ether oxygens (including phenoxy) is 4. The van der Waals surface area contributed by atoms with Crippen LogP contribution in [0.25, 0.3) is 16.6 Å². The average Bonchev–Trinajstić information content (AvgIpc) is 3.33. The maximum Gasteiger partial charge on any atom is 0.284 e. The smallest absolute Gasteiger partial charge is 0.284 e. The molecule has 0 radical (unpaired) electrons. The Bertz CT molecular complexity index is 1850. The molecule has 0 atom stereocenters. The molecule has 0 fully saturated rings. The van der Waals surface area contributed by atoms with Gasteiger partial charge in [0.25, 0.3) is 11.5 Å². The van der Waals surface area contributed by atoms with Gasteiger partial charge in [0.1, 0.15) is 11.9 Å². The fourth-order valence-electron chi connectivity index (χ4n) is 5.25. The van der Waals surface area contributed by atoms with Gasteiger partial charge in [0.05, 0.1) is 43.6 Å². The van der Waals surface area contributed by atoms with Crippen molar-refractivity contribution in [3.8, 4) is 34.6 Å². The molecule has 0 saturated carbocycles. The number of amides is 1. The molecule has 1 amide bonds. The Labute approximate surface area is 241 Å². The molecule has 1 aliphatic heterocycles. The molecular formula is C31H29N5O6. The molecular weight excluding hydrogens is 538 g/mol. The van der Waals surface area contributed by atoms with Crippen LogP contribution in [0, 0.1) is 0 Å². The SMILES string of the molecule is COc1cc2ncnc(Oc3ccc(NC(=O)c4c5n(n(-c6ccccc6)c4=O)CCCC5)cc3OC)c2cc1OC. The van der Waals surface area contributed by atoms with E-state index in [9.17, 15) is 9.59 Å². The minimum absolute atomic E-state index is 0.148. The summed E-state index contributed by atoms with van der Waals surface area (Å²) in [6.07, 6.45) is 3.90. The van der Waals surface area contributed by atoms with E-state index in [2.05, 4.69) is 15.3 Å². The van der Waals surface area contributed by atoms with Crippen molar-refractivity contribution in [3.63, 3.8) is 0 Å². The highest BCUT2D eigenvalue weighted by molar-refractivity contribution is 6.05. The van der Waals surface area contributed by atoms with Crippen LogP contribution in [0.15, 0.2) is 71.8 Å². The molecule has 0 unspecified atom stereocenters. The first-order valence-electron chi connectivity index (χ1n) is 13.5.